The lowest BCUT2D eigenvalue weighted by Gasteiger charge is -2.39. The van der Waals surface area contributed by atoms with Crippen LogP contribution in [0.4, 0.5) is 0 Å². The topological polar surface area (TPSA) is 47.6 Å². The van der Waals surface area contributed by atoms with E-state index in [2.05, 4.69) is 15.5 Å². The zero-order chi connectivity index (χ0) is 16.9. The van der Waals surface area contributed by atoms with E-state index in [1.807, 2.05) is 60.8 Å². The molecule has 0 saturated carbocycles. The highest BCUT2D eigenvalue weighted by atomic mass is 16.2. The van der Waals surface area contributed by atoms with E-state index in [1.165, 1.54) is 0 Å². The summed E-state index contributed by atoms with van der Waals surface area (Å²) in [5.41, 5.74) is -0.355. The number of carbonyl (C=O) groups is 1. The Morgan fingerprint density at radius 3 is 1.90 bits per heavy atom. The molecule has 128 valence electrons. The predicted octanol–water partition coefficient (Wildman–Crippen LogP) is 1.40. The lowest BCUT2D eigenvalue weighted by Crippen LogP contribution is -2.61. The molecule has 0 aromatic heterocycles. The van der Waals surface area contributed by atoms with Gasteiger partial charge in [0.25, 0.3) is 0 Å². The fourth-order valence-corrected chi connectivity index (χ4v) is 2.24. The Kier molecular flexibility index (Phi) is 14.1. The van der Waals surface area contributed by atoms with Crippen LogP contribution < -0.4 is 10.6 Å². The fourth-order valence-electron chi connectivity index (χ4n) is 2.24. The lowest BCUT2D eigenvalue weighted by molar-refractivity contribution is -0.138. The average molecular weight is 303 g/mol. The molecule has 1 aliphatic heterocycles. The molecule has 21 heavy (non-hydrogen) atoms. The summed E-state index contributed by atoms with van der Waals surface area (Å²) < 4.78 is 0. The van der Waals surface area contributed by atoms with Crippen LogP contribution in [-0.4, -0.2) is 75.6 Å². The number of likely N-dealkylation sites (N-methyl/N-ethyl adjacent to an activating group) is 3. The van der Waals surface area contributed by atoms with Gasteiger partial charge in [-0.1, -0.05) is 27.7 Å². The number of hydrogen-bond donors (Lipinski definition) is 2. The SMILES string of the molecule is CC.CC.CNC1(C(=O)N(C)CCN(C)C)CCNCC1. The molecule has 0 aromatic rings. The maximum atomic E-state index is 12.5. The van der Waals surface area contributed by atoms with Crippen LogP contribution in [0.5, 0.6) is 0 Å². The van der Waals surface area contributed by atoms with E-state index in [0.29, 0.717) is 0 Å². The van der Waals surface area contributed by atoms with Crippen LogP contribution in [0.3, 0.4) is 0 Å². The maximum Gasteiger partial charge on any atom is 0.242 e. The summed E-state index contributed by atoms with van der Waals surface area (Å²) >= 11 is 0. The molecular weight excluding hydrogens is 264 g/mol. The van der Waals surface area contributed by atoms with E-state index in [9.17, 15) is 4.79 Å². The van der Waals surface area contributed by atoms with Crippen molar-refractivity contribution in [3.63, 3.8) is 0 Å². The summed E-state index contributed by atoms with van der Waals surface area (Å²) in [6, 6.07) is 0. The zero-order valence-corrected chi connectivity index (χ0v) is 15.5. The molecule has 0 bridgehead atoms. The molecule has 0 aromatic carbocycles. The first-order valence-electron chi connectivity index (χ1n) is 8.32. The molecule has 0 unspecified atom stereocenters. The maximum absolute atomic E-state index is 12.5. The molecule has 0 spiro atoms. The van der Waals surface area contributed by atoms with E-state index in [-0.39, 0.29) is 11.4 Å². The van der Waals surface area contributed by atoms with Gasteiger partial charge in [-0.25, -0.2) is 0 Å². The third-order valence-corrected chi connectivity index (χ3v) is 3.57. The number of piperidine rings is 1. The van der Waals surface area contributed by atoms with Gasteiger partial charge in [0, 0.05) is 20.1 Å². The molecule has 1 fully saturated rings. The largest absolute Gasteiger partial charge is 0.343 e. The summed E-state index contributed by atoms with van der Waals surface area (Å²) in [5, 5.41) is 6.54. The third kappa shape index (κ3) is 7.79. The normalized spacial score (nSPS) is 16.2. The fraction of sp³-hybridized carbons (Fsp3) is 0.938. The molecule has 1 heterocycles. The van der Waals surface area contributed by atoms with E-state index < -0.39 is 0 Å². The highest BCUT2D eigenvalue weighted by Crippen LogP contribution is 2.20. The minimum atomic E-state index is -0.355. The smallest absolute Gasteiger partial charge is 0.242 e. The number of carbonyl (C=O) groups excluding carboxylic acids is 1. The van der Waals surface area contributed by atoms with Gasteiger partial charge >= 0.3 is 0 Å². The third-order valence-electron chi connectivity index (χ3n) is 3.57. The van der Waals surface area contributed by atoms with Gasteiger partial charge in [0.15, 0.2) is 0 Å². The first-order valence-corrected chi connectivity index (χ1v) is 8.32. The molecule has 0 aliphatic carbocycles. The monoisotopic (exact) mass is 302 g/mol. The van der Waals surface area contributed by atoms with Crippen molar-refractivity contribution in [1.82, 2.24) is 20.4 Å². The van der Waals surface area contributed by atoms with Gasteiger partial charge in [0.2, 0.25) is 5.91 Å². The van der Waals surface area contributed by atoms with Crippen LogP contribution in [0.25, 0.3) is 0 Å². The standard InChI is InChI=1S/C12H26N4O.2C2H6/c1-13-12(5-7-14-8-6-12)11(17)16(4)10-9-15(2)3;2*1-2/h13-14H,5-10H2,1-4H3;2*1-2H3. The number of rotatable bonds is 5. The lowest BCUT2D eigenvalue weighted by atomic mass is 9.87. The van der Waals surface area contributed by atoms with Gasteiger partial charge in [0.1, 0.15) is 5.54 Å². The van der Waals surface area contributed by atoms with Crippen molar-refractivity contribution in [2.75, 3.05) is 54.4 Å². The predicted molar refractivity (Wildman–Crippen MR) is 92.8 cm³/mol. The molecular formula is C16H38N4O. The second-order valence-corrected chi connectivity index (χ2v) is 5.11. The van der Waals surface area contributed by atoms with Gasteiger partial charge in [-0.05, 0) is 47.1 Å². The highest BCUT2D eigenvalue weighted by molar-refractivity contribution is 5.86. The first kappa shape index (κ1) is 22.6. The molecule has 5 nitrogen and oxygen atoms in total. The van der Waals surface area contributed by atoms with E-state index in [0.717, 1.165) is 39.0 Å². The summed E-state index contributed by atoms with van der Waals surface area (Å²) in [4.78, 5) is 16.4. The molecule has 5 heteroatoms. The minimum Gasteiger partial charge on any atom is -0.343 e. The molecule has 1 rings (SSSR count). The van der Waals surface area contributed by atoms with Gasteiger partial charge < -0.3 is 20.4 Å². The van der Waals surface area contributed by atoms with Crippen LogP contribution in [0.15, 0.2) is 0 Å². The quantitative estimate of drug-likeness (QED) is 0.806. The summed E-state index contributed by atoms with van der Waals surface area (Å²) in [6.45, 7) is 11.5. The van der Waals surface area contributed by atoms with Crippen LogP contribution in [-0.2, 0) is 4.79 Å². The summed E-state index contributed by atoms with van der Waals surface area (Å²) in [6.07, 6.45) is 1.74. The van der Waals surface area contributed by atoms with Crippen molar-refractivity contribution in [1.29, 1.82) is 0 Å². The molecule has 1 amide bonds. The second-order valence-electron chi connectivity index (χ2n) is 5.11. The Morgan fingerprint density at radius 1 is 1.05 bits per heavy atom. The molecule has 0 radical (unpaired) electrons. The van der Waals surface area contributed by atoms with Crippen LogP contribution in [0.2, 0.25) is 0 Å². The van der Waals surface area contributed by atoms with Crippen molar-refractivity contribution in [3.05, 3.63) is 0 Å². The Morgan fingerprint density at radius 2 is 1.52 bits per heavy atom. The van der Waals surface area contributed by atoms with E-state index in [4.69, 9.17) is 0 Å². The Balaban J connectivity index is 0. The van der Waals surface area contributed by atoms with Gasteiger partial charge in [0.05, 0.1) is 0 Å². The van der Waals surface area contributed by atoms with Crippen molar-refractivity contribution < 1.29 is 4.79 Å². The average Bonchev–Trinajstić information content (AvgIpc) is 2.56. The highest BCUT2D eigenvalue weighted by Gasteiger charge is 2.39. The Bertz CT molecular complexity index is 251. The van der Waals surface area contributed by atoms with E-state index >= 15 is 0 Å². The van der Waals surface area contributed by atoms with Crippen molar-refractivity contribution >= 4 is 5.91 Å². The molecule has 2 N–H and O–H groups in total. The minimum absolute atomic E-state index is 0.225. The Hall–Kier alpha value is -0.650. The number of nitrogens with one attached hydrogen (secondary N) is 2. The molecule has 0 atom stereocenters. The molecule has 1 aliphatic rings. The van der Waals surface area contributed by atoms with Crippen LogP contribution in [0.1, 0.15) is 40.5 Å². The zero-order valence-electron chi connectivity index (χ0n) is 15.5. The van der Waals surface area contributed by atoms with Crippen molar-refractivity contribution in [2.24, 2.45) is 0 Å². The summed E-state index contributed by atoms with van der Waals surface area (Å²) in [7, 11) is 7.84. The van der Waals surface area contributed by atoms with Gasteiger partial charge in [-0.3, -0.25) is 4.79 Å². The number of nitrogens with zero attached hydrogens (tertiary/aromatic N) is 2. The molecule has 1 saturated heterocycles. The Labute approximate surface area is 132 Å². The number of amides is 1. The van der Waals surface area contributed by atoms with Crippen molar-refractivity contribution in [3.8, 4) is 0 Å². The second kappa shape index (κ2) is 13.0. The number of hydrogen-bond acceptors (Lipinski definition) is 4. The van der Waals surface area contributed by atoms with Crippen LogP contribution in [0, 0.1) is 0 Å². The van der Waals surface area contributed by atoms with Crippen LogP contribution >= 0.6 is 0 Å². The van der Waals surface area contributed by atoms with Gasteiger partial charge in [-0.15, -0.1) is 0 Å². The van der Waals surface area contributed by atoms with Gasteiger partial charge in [-0.2, -0.15) is 0 Å². The van der Waals surface area contributed by atoms with Crippen molar-refractivity contribution in [2.45, 2.75) is 46.1 Å². The first-order chi connectivity index (χ1) is 10.0. The summed E-state index contributed by atoms with van der Waals surface area (Å²) in [5.74, 6) is 0.225. The van der Waals surface area contributed by atoms with E-state index in [1.54, 1.807) is 0 Å².